The minimum Gasteiger partial charge on any atom is -0.452 e. The van der Waals surface area contributed by atoms with Crippen LogP contribution >= 0.6 is 11.6 Å². The van der Waals surface area contributed by atoms with E-state index in [1.54, 1.807) is 12.1 Å². The van der Waals surface area contributed by atoms with Crippen LogP contribution in [0.3, 0.4) is 0 Å². The highest BCUT2D eigenvalue weighted by Gasteiger charge is 2.14. The Balaban J connectivity index is 2.47. The smallest absolute Gasteiger partial charge is 0.340 e. The minimum atomic E-state index is -0.693. The van der Waals surface area contributed by atoms with Crippen LogP contribution in [0.2, 0.25) is 5.02 Å². The number of nitrogen functional groups attached to an aromatic ring is 1. The number of nitrogens with two attached hydrogens (primary N) is 1. The molecule has 0 radical (unpaired) electrons. The summed E-state index contributed by atoms with van der Waals surface area (Å²) in [5, 5.41) is 2.78. The number of carbonyl (C=O) groups excluding carboxylic acids is 2. The second-order valence-corrected chi connectivity index (χ2v) is 4.03. The summed E-state index contributed by atoms with van der Waals surface area (Å²) < 4.78 is 9.59. The fourth-order valence-electron chi connectivity index (χ4n) is 1.27. The first kappa shape index (κ1) is 15.3. The summed E-state index contributed by atoms with van der Waals surface area (Å²) in [6.45, 7) is 0.363. The van der Waals surface area contributed by atoms with Crippen LogP contribution in [0.15, 0.2) is 18.2 Å². The average molecular weight is 287 g/mol. The second kappa shape index (κ2) is 7.60. The Bertz CT molecular complexity index is 465. The van der Waals surface area contributed by atoms with E-state index in [1.165, 1.54) is 13.2 Å². The highest BCUT2D eigenvalue weighted by Crippen LogP contribution is 2.22. The Kier molecular flexibility index (Phi) is 6.11. The van der Waals surface area contributed by atoms with Crippen molar-refractivity contribution < 1.29 is 19.1 Å². The minimum absolute atomic E-state index is 0.133. The number of hydrogen-bond acceptors (Lipinski definition) is 5. The van der Waals surface area contributed by atoms with Crippen molar-refractivity contribution in [2.75, 3.05) is 32.6 Å². The number of ether oxygens (including phenoxy) is 2. The van der Waals surface area contributed by atoms with Gasteiger partial charge in [-0.05, 0) is 12.1 Å². The van der Waals surface area contributed by atoms with E-state index in [-0.39, 0.29) is 22.9 Å². The molecule has 0 aliphatic heterocycles. The number of hydrogen-bond donors (Lipinski definition) is 2. The Labute approximate surface area is 115 Å². The van der Waals surface area contributed by atoms with Gasteiger partial charge >= 0.3 is 5.97 Å². The maximum atomic E-state index is 11.7. The van der Waals surface area contributed by atoms with Crippen molar-refractivity contribution in [3.05, 3.63) is 28.8 Å². The quantitative estimate of drug-likeness (QED) is 0.459. The van der Waals surface area contributed by atoms with E-state index in [2.05, 4.69) is 5.32 Å². The predicted molar refractivity (Wildman–Crippen MR) is 71.0 cm³/mol. The summed E-state index contributed by atoms with van der Waals surface area (Å²) in [6.07, 6.45) is 0. The molecule has 0 aliphatic carbocycles. The van der Waals surface area contributed by atoms with E-state index in [1.807, 2.05) is 0 Å². The number of carbonyl (C=O) groups is 2. The van der Waals surface area contributed by atoms with Crippen LogP contribution < -0.4 is 11.1 Å². The van der Waals surface area contributed by atoms with Crippen molar-refractivity contribution in [3.63, 3.8) is 0 Å². The fraction of sp³-hybridized carbons (Fsp3) is 0.333. The molecular weight excluding hydrogens is 272 g/mol. The molecule has 0 heterocycles. The van der Waals surface area contributed by atoms with Gasteiger partial charge in [0.05, 0.1) is 22.9 Å². The number of esters is 1. The summed E-state index contributed by atoms with van der Waals surface area (Å²) in [5.41, 5.74) is 5.91. The van der Waals surface area contributed by atoms with Crippen LogP contribution in [-0.2, 0) is 14.3 Å². The van der Waals surface area contributed by atoms with E-state index in [9.17, 15) is 9.59 Å². The zero-order chi connectivity index (χ0) is 14.3. The number of benzene rings is 1. The number of halogens is 1. The summed E-state index contributed by atoms with van der Waals surface area (Å²) in [6, 6.07) is 4.62. The zero-order valence-corrected chi connectivity index (χ0v) is 11.2. The number of methoxy groups -OCH3 is 1. The Morgan fingerprint density at radius 1 is 1.42 bits per heavy atom. The first-order chi connectivity index (χ1) is 9.06. The molecule has 0 aliphatic rings. The molecule has 3 N–H and O–H groups in total. The summed E-state index contributed by atoms with van der Waals surface area (Å²) >= 11 is 5.78. The number of rotatable bonds is 6. The topological polar surface area (TPSA) is 90.6 Å². The van der Waals surface area contributed by atoms with Crippen molar-refractivity contribution in [1.82, 2.24) is 5.32 Å². The fourth-order valence-corrected chi connectivity index (χ4v) is 1.44. The van der Waals surface area contributed by atoms with E-state index in [4.69, 9.17) is 26.8 Å². The highest BCUT2D eigenvalue weighted by molar-refractivity contribution is 6.33. The number of nitrogens with one attached hydrogen (secondary N) is 1. The third kappa shape index (κ3) is 4.76. The van der Waals surface area contributed by atoms with Crippen molar-refractivity contribution >= 4 is 29.2 Å². The first-order valence-corrected chi connectivity index (χ1v) is 5.90. The number of para-hydroxylation sites is 1. The van der Waals surface area contributed by atoms with Gasteiger partial charge in [-0.2, -0.15) is 0 Å². The van der Waals surface area contributed by atoms with Crippen molar-refractivity contribution in [2.45, 2.75) is 0 Å². The van der Waals surface area contributed by atoms with Gasteiger partial charge in [-0.3, -0.25) is 4.79 Å². The Morgan fingerprint density at radius 2 is 2.16 bits per heavy atom. The summed E-state index contributed by atoms with van der Waals surface area (Å²) in [7, 11) is 1.52. The summed E-state index contributed by atoms with van der Waals surface area (Å²) in [5.74, 6) is -1.10. The molecule has 0 bridgehead atoms. The molecule has 1 rings (SSSR count). The maximum Gasteiger partial charge on any atom is 0.340 e. The largest absolute Gasteiger partial charge is 0.452 e. The second-order valence-electron chi connectivity index (χ2n) is 3.62. The molecule has 0 atom stereocenters. The van der Waals surface area contributed by atoms with E-state index >= 15 is 0 Å². The maximum absolute atomic E-state index is 11.7. The third-order valence-corrected chi connectivity index (χ3v) is 2.57. The SMILES string of the molecule is COCCNC(=O)COC(=O)c1cccc(Cl)c1N. The van der Waals surface area contributed by atoms with E-state index in [0.29, 0.717) is 13.2 Å². The van der Waals surface area contributed by atoms with Crippen LogP contribution in [0.25, 0.3) is 0 Å². The van der Waals surface area contributed by atoms with Gasteiger partial charge in [0, 0.05) is 13.7 Å². The lowest BCUT2D eigenvalue weighted by Gasteiger charge is -2.08. The standard InChI is InChI=1S/C12H15ClN2O4/c1-18-6-5-15-10(16)7-19-12(17)8-3-2-4-9(13)11(8)14/h2-4H,5-7,14H2,1H3,(H,15,16). The molecule has 1 aromatic rings. The molecule has 0 saturated carbocycles. The molecule has 104 valence electrons. The van der Waals surface area contributed by atoms with Gasteiger partial charge in [0.1, 0.15) is 0 Å². The Morgan fingerprint density at radius 3 is 2.84 bits per heavy atom. The highest BCUT2D eigenvalue weighted by atomic mass is 35.5. The van der Waals surface area contributed by atoms with E-state index in [0.717, 1.165) is 0 Å². The van der Waals surface area contributed by atoms with Gasteiger partial charge in [-0.25, -0.2) is 4.79 Å². The van der Waals surface area contributed by atoms with Crippen molar-refractivity contribution in [2.24, 2.45) is 0 Å². The van der Waals surface area contributed by atoms with Crippen LogP contribution in [-0.4, -0.2) is 38.7 Å². The predicted octanol–water partition coefficient (Wildman–Crippen LogP) is 0.842. The molecule has 0 fully saturated rings. The van der Waals surface area contributed by atoms with Gasteiger partial charge < -0.3 is 20.5 Å². The lowest BCUT2D eigenvalue weighted by atomic mass is 10.2. The van der Waals surface area contributed by atoms with Gasteiger partial charge in [0.25, 0.3) is 5.91 Å². The first-order valence-electron chi connectivity index (χ1n) is 5.53. The van der Waals surface area contributed by atoms with E-state index < -0.39 is 11.9 Å². The number of anilines is 1. The molecule has 1 aromatic carbocycles. The molecule has 1 amide bonds. The lowest BCUT2D eigenvalue weighted by molar-refractivity contribution is -0.124. The monoisotopic (exact) mass is 286 g/mol. The average Bonchev–Trinajstić information content (AvgIpc) is 2.39. The summed E-state index contributed by atoms with van der Waals surface area (Å²) in [4.78, 5) is 23.0. The molecule has 0 spiro atoms. The molecule has 0 unspecified atom stereocenters. The van der Waals surface area contributed by atoms with Gasteiger partial charge in [0.2, 0.25) is 0 Å². The van der Waals surface area contributed by atoms with Gasteiger partial charge in [0.15, 0.2) is 6.61 Å². The van der Waals surface area contributed by atoms with Crippen LogP contribution in [0.4, 0.5) is 5.69 Å². The van der Waals surface area contributed by atoms with Crippen molar-refractivity contribution in [3.8, 4) is 0 Å². The third-order valence-electron chi connectivity index (χ3n) is 2.24. The number of amides is 1. The molecule has 0 aromatic heterocycles. The van der Waals surface area contributed by atoms with Crippen molar-refractivity contribution in [1.29, 1.82) is 0 Å². The molecule has 6 nitrogen and oxygen atoms in total. The molecule has 0 saturated heterocycles. The molecule has 19 heavy (non-hydrogen) atoms. The normalized spacial score (nSPS) is 10.0. The van der Waals surface area contributed by atoms with Crippen LogP contribution in [0.5, 0.6) is 0 Å². The van der Waals surface area contributed by atoms with Gasteiger partial charge in [-0.1, -0.05) is 17.7 Å². The van der Waals surface area contributed by atoms with Crippen LogP contribution in [0, 0.1) is 0 Å². The van der Waals surface area contributed by atoms with Crippen LogP contribution in [0.1, 0.15) is 10.4 Å². The molecular formula is C12H15ClN2O4. The lowest BCUT2D eigenvalue weighted by Crippen LogP contribution is -2.31. The molecule has 7 heteroatoms. The van der Waals surface area contributed by atoms with Gasteiger partial charge in [-0.15, -0.1) is 0 Å². The zero-order valence-electron chi connectivity index (χ0n) is 10.4. The Hall–Kier alpha value is -1.79.